The lowest BCUT2D eigenvalue weighted by atomic mass is 9.95. The summed E-state index contributed by atoms with van der Waals surface area (Å²) in [6.45, 7) is 0.243. The Hall–Kier alpha value is -3.11. The maximum absolute atomic E-state index is 14.0. The summed E-state index contributed by atoms with van der Waals surface area (Å²) in [5.74, 6) is -2.49. The summed E-state index contributed by atoms with van der Waals surface area (Å²) < 4.78 is 34.0. The van der Waals surface area contributed by atoms with Crippen molar-refractivity contribution in [2.75, 3.05) is 13.7 Å². The van der Waals surface area contributed by atoms with Gasteiger partial charge in [0.25, 0.3) is 11.5 Å². The van der Waals surface area contributed by atoms with Gasteiger partial charge < -0.3 is 19.6 Å². The van der Waals surface area contributed by atoms with Crippen molar-refractivity contribution >= 4 is 43.5 Å². The minimum atomic E-state index is -1.11. The Kier molecular flexibility index (Phi) is 4.63. The van der Waals surface area contributed by atoms with Gasteiger partial charge in [-0.1, -0.05) is 0 Å². The molecule has 0 radical (unpaired) electrons. The van der Waals surface area contributed by atoms with Crippen LogP contribution in [0.1, 0.15) is 27.8 Å². The molecule has 2 N–H and O–H groups in total. The van der Waals surface area contributed by atoms with Gasteiger partial charge in [0.2, 0.25) is 0 Å². The first-order chi connectivity index (χ1) is 14.8. The van der Waals surface area contributed by atoms with E-state index in [9.17, 15) is 18.4 Å². The average Bonchev–Trinajstić information content (AvgIpc) is 3.17. The van der Waals surface area contributed by atoms with E-state index in [2.05, 4.69) is 30.9 Å². The molecule has 0 saturated carbocycles. The third kappa shape index (κ3) is 3.22. The van der Waals surface area contributed by atoms with Crippen molar-refractivity contribution in [3.05, 3.63) is 74.0 Å². The van der Waals surface area contributed by atoms with E-state index < -0.39 is 23.2 Å². The fraction of sp³-hybridized carbons (Fsp3) is 0.190. The van der Waals surface area contributed by atoms with Crippen molar-refractivity contribution in [2.24, 2.45) is 0 Å². The van der Waals surface area contributed by atoms with Crippen LogP contribution in [-0.4, -0.2) is 39.4 Å². The van der Waals surface area contributed by atoms with Crippen molar-refractivity contribution in [3.8, 4) is 0 Å². The summed E-state index contributed by atoms with van der Waals surface area (Å²) in [5.41, 5.74) is 1.47. The number of fused-ring (bicyclic) bond motifs is 4. The molecule has 0 unspecified atom stereocenters. The molecule has 10 heteroatoms. The molecule has 1 aromatic carbocycles. The summed E-state index contributed by atoms with van der Waals surface area (Å²) in [6, 6.07) is 4.77. The number of amides is 1. The van der Waals surface area contributed by atoms with Crippen molar-refractivity contribution < 1.29 is 18.3 Å². The topological polar surface area (TPSA) is 91.1 Å². The van der Waals surface area contributed by atoms with Crippen LogP contribution in [0.15, 0.2) is 39.9 Å². The lowest BCUT2D eigenvalue weighted by molar-refractivity contribution is 0.0333. The number of H-pyrrole nitrogens is 2. The van der Waals surface area contributed by atoms with Gasteiger partial charge >= 0.3 is 0 Å². The van der Waals surface area contributed by atoms with Crippen LogP contribution in [-0.2, 0) is 11.3 Å². The number of pyridine rings is 2. The van der Waals surface area contributed by atoms with E-state index in [-0.39, 0.29) is 29.9 Å². The van der Waals surface area contributed by atoms with Gasteiger partial charge in [-0.25, -0.2) is 13.8 Å². The quantitative estimate of drug-likeness (QED) is 0.420. The standard InChI is InChI=1S/C21H15BrF2N4O3/c1-28(21(30)14-2-9-3-18(22)25-6-15(9)26-14)17-8-31-7-16-19(17)10-4-12(23)13(24)5-11(10)20(29)27-16/h2-6,17,26H,7-8H2,1H3,(H,27,29)/t17-/m0/s1. The van der Waals surface area contributed by atoms with Crippen LogP contribution in [0, 0.1) is 11.6 Å². The lowest BCUT2D eigenvalue weighted by Gasteiger charge is -2.33. The number of ether oxygens (including phenoxy) is 1. The predicted molar refractivity (Wildman–Crippen MR) is 113 cm³/mol. The molecule has 0 spiro atoms. The van der Waals surface area contributed by atoms with Crippen LogP contribution >= 0.6 is 15.9 Å². The molecule has 0 bridgehead atoms. The number of halogens is 3. The van der Waals surface area contributed by atoms with Crippen molar-refractivity contribution in [1.29, 1.82) is 0 Å². The molecular weight excluding hydrogens is 474 g/mol. The normalized spacial score (nSPS) is 15.9. The summed E-state index contributed by atoms with van der Waals surface area (Å²) in [4.78, 5) is 36.9. The Morgan fingerprint density at radius 2 is 1.94 bits per heavy atom. The van der Waals surface area contributed by atoms with Crippen LogP contribution < -0.4 is 5.56 Å². The van der Waals surface area contributed by atoms with E-state index in [0.717, 1.165) is 17.5 Å². The Balaban J connectivity index is 1.61. The molecule has 4 aromatic rings. The second kappa shape index (κ2) is 7.24. The van der Waals surface area contributed by atoms with Crippen LogP contribution in [0.5, 0.6) is 0 Å². The second-order valence-corrected chi connectivity index (χ2v) is 8.20. The molecule has 1 aliphatic heterocycles. The molecule has 5 rings (SSSR count). The second-order valence-electron chi connectivity index (χ2n) is 7.38. The van der Waals surface area contributed by atoms with Gasteiger partial charge in [0.1, 0.15) is 10.3 Å². The third-order valence-electron chi connectivity index (χ3n) is 5.53. The number of aromatic nitrogens is 3. The van der Waals surface area contributed by atoms with Crippen LogP contribution in [0.2, 0.25) is 0 Å². The maximum atomic E-state index is 14.0. The van der Waals surface area contributed by atoms with E-state index in [4.69, 9.17) is 4.74 Å². The van der Waals surface area contributed by atoms with Crippen LogP contribution in [0.3, 0.4) is 0 Å². The highest BCUT2D eigenvalue weighted by Gasteiger charge is 2.32. The molecule has 4 heterocycles. The van der Waals surface area contributed by atoms with E-state index in [1.54, 1.807) is 25.4 Å². The van der Waals surface area contributed by atoms with Gasteiger partial charge in [0.15, 0.2) is 11.6 Å². The number of likely N-dealkylation sites (N-methyl/N-ethyl adjacent to an activating group) is 1. The van der Waals surface area contributed by atoms with Gasteiger partial charge in [0, 0.05) is 23.7 Å². The lowest BCUT2D eigenvalue weighted by Crippen LogP contribution is -2.37. The maximum Gasteiger partial charge on any atom is 0.270 e. The number of nitrogens with one attached hydrogen (secondary N) is 2. The van der Waals surface area contributed by atoms with Gasteiger partial charge in [-0.2, -0.15) is 0 Å². The highest BCUT2D eigenvalue weighted by Crippen LogP contribution is 2.34. The minimum Gasteiger partial charge on any atom is -0.373 e. The highest BCUT2D eigenvalue weighted by atomic mass is 79.9. The van der Waals surface area contributed by atoms with Crippen LogP contribution in [0.4, 0.5) is 8.78 Å². The van der Waals surface area contributed by atoms with Crippen molar-refractivity contribution in [3.63, 3.8) is 0 Å². The highest BCUT2D eigenvalue weighted by molar-refractivity contribution is 9.10. The Labute approximate surface area is 182 Å². The molecule has 1 aliphatic rings. The molecule has 0 fully saturated rings. The number of nitrogens with zero attached hydrogens (tertiary/aromatic N) is 2. The molecular formula is C21H15BrF2N4O3. The van der Waals surface area contributed by atoms with Crippen molar-refractivity contribution in [2.45, 2.75) is 12.6 Å². The number of hydrogen-bond acceptors (Lipinski definition) is 4. The number of carbonyl (C=O) groups is 1. The summed E-state index contributed by atoms with van der Waals surface area (Å²) in [6.07, 6.45) is 1.62. The van der Waals surface area contributed by atoms with Gasteiger partial charge in [0.05, 0.1) is 36.4 Å². The molecule has 158 valence electrons. The predicted octanol–water partition coefficient (Wildman–Crippen LogP) is 3.79. The van der Waals surface area contributed by atoms with Gasteiger partial charge in [-0.3, -0.25) is 9.59 Å². The molecule has 1 amide bonds. The fourth-order valence-electron chi connectivity index (χ4n) is 4.00. The third-order valence-corrected chi connectivity index (χ3v) is 5.96. The summed E-state index contributed by atoms with van der Waals surface area (Å²) in [5, 5.41) is 1.09. The van der Waals surface area contributed by atoms with Gasteiger partial charge in [-0.15, -0.1) is 0 Å². The van der Waals surface area contributed by atoms with Gasteiger partial charge in [-0.05, 0) is 45.6 Å². The number of hydrogen-bond donors (Lipinski definition) is 2. The molecule has 0 saturated heterocycles. The first kappa shape index (κ1) is 19.8. The first-order valence-corrected chi connectivity index (χ1v) is 10.2. The number of benzene rings is 1. The zero-order valence-corrected chi connectivity index (χ0v) is 17.7. The van der Waals surface area contributed by atoms with E-state index >= 15 is 0 Å². The first-order valence-electron chi connectivity index (χ1n) is 9.36. The monoisotopic (exact) mass is 488 g/mol. The van der Waals surface area contributed by atoms with E-state index in [0.29, 0.717) is 27.1 Å². The van der Waals surface area contributed by atoms with Crippen molar-refractivity contribution in [1.82, 2.24) is 19.9 Å². The zero-order valence-electron chi connectivity index (χ0n) is 16.1. The number of carbonyl (C=O) groups excluding carboxylic acids is 1. The molecule has 7 nitrogen and oxygen atoms in total. The average molecular weight is 489 g/mol. The summed E-state index contributed by atoms with van der Waals surface area (Å²) in [7, 11) is 1.60. The number of rotatable bonds is 2. The Morgan fingerprint density at radius 1 is 1.19 bits per heavy atom. The van der Waals surface area contributed by atoms with E-state index in [1.165, 1.54) is 4.90 Å². The van der Waals surface area contributed by atoms with Crippen LogP contribution in [0.25, 0.3) is 21.7 Å². The number of aromatic amines is 2. The molecule has 31 heavy (non-hydrogen) atoms. The minimum absolute atomic E-state index is 0.0203. The summed E-state index contributed by atoms with van der Waals surface area (Å²) >= 11 is 3.30. The molecule has 3 aromatic heterocycles. The molecule has 0 aliphatic carbocycles. The largest absolute Gasteiger partial charge is 0.373 e. The Morgan fingerprint density at radius 3 is 2.71 bits per heavy atom. The fourth-order valence-corrected chi connectivity index (χ4v) is 4.35. The molecule has 1 atom stereocenters. The zero-order chi connectivity index (χ0) is 21.9. The van der Waals surface area contributed by atoms with E-state index in [1.807, 2.05) is 0 Å². The Bertz CT molecular complexity index is 1430. The smallest absolute Gasteiger partial charge is 0.270 e. The SMILES string of the molecule is CN(C(=O)c1cc2cc(Br)ncc2[nH]1)[C@H]1COCc2[nH]c(=O)c3cc(F)c(F)cc3c21.